The quantitative estimate of drug-likeness (QED) is 0.188. The Bertz CT molecular complexity index is 2680. The van der Waals surface area contributed by atoms with Crippen molar-refractivity contribution in [2.24, 2.45) is 0 Å². The van der Waals surface area contributed by atoms with E-state index < -0.39 is 8.07 Å². The predicted molar refractivity (Wildman–Crippen MR) is 189 cm³/mol. The fourth-order valence-corrected chi connectivity index (χ4v) is 11.3. The van der Waals surface area contributed by atoms with E-state index in [9.17, 15) is 0 Å². The summed E-state index contributed by atoms with van der Waals surface area (Å²) in [6.45, 7) is 4.93. The molecule has 0 amide bonds. The molecule has 1 aliphatic heterocycles. The van der Waals surface area contributed by atoms with E-state index in [0.29, 0.717) is 5.95 Å². The lowest BCUT2D eigenvalue weighted by Crippen LogP contribution is -2.49. The molecule has 0 spiro atoms. The monoisotopic (exact) mass is 593 g/mol. The summed E-state index contributed by atoms with van der Waals surface area (Å²) >= 11 is 0. The summed E-state index contributed by atoms with van der Waals surface area (Å²) in [4.78, 5) is 10.9. The third kappa shape index (κ3) is 3.25. The maximum absolute atomic E-state index is 6.61. The standard InChI is InChI=1S/C40H27N3OSi/c1-45(2)34-19-11-8-16-27(34)30-22-23-31-35(39(30)45)36(24-12-4-3-5-13-24)42-40(41-31)43-32-17-9-6-14-25(32)28-20-21-29-26-15-7-10-18-33(26)44-38(29)37(28)43/h3-23H,1-2H3. The normalized spacial score (nSPS) is 13.7. The van der Waals surface area contributed by atoms with E-state index >= 15 is 0 Å². The Morgan fingerprint density at radius 1 is 0.600 bits per heavy atom. The minimum absolute atomic E-state index is 0.649. The third-order valence-corrected chi connectivity index (χ3v) is 13.3. The molecule has 0 aliphatic carbocycles. The number of furan rings is 1. The van der Waals surface area contributed by atoms with E-state index in [1.165, 1.54) is 26.9 Å². The van der Waals surface area contributed by atoms with Crippen LogP contribution in [0.4, 0.5) is 0 Å². The summed E-state index contributed by atoms with van der Waals surface area (Å²) in [5.74, 6) is 0.649. The first-order valence-electron chi connectivity index (χ1n) is 15.4. The van der Waals surface area contributed by atoms with Gasteiger partial charge < -0.3 is 4.42 Å². The summed E-state index contributed by atoms with van der Waals surface area (Å²) < 4.78 is 8.83. The Kier molecular flexibility index (Phi) is 4.85. The fourth-order valence-electron chi connectivity index (χ4n) is 7.83. The Balaban J connectivity index is 1.37. The van der Waals surface area contributed by atoms with Crippen molar-refractivity contribution >= 4 is 73.1 Å². The summed E-state index contributed by atoms with van der Waals surface area (Å²) in [6, 6.07) is 45.2. The maximum Gasteiger partial charge on any atom is 0.235 e. The minimum atomic E-state index is -2.04. The molecular formula is C40H27N3OSi. The zero-order valence-electron chi connectivity index (χ0n) is 24.9. The first-order valence-corrected chi connectivity index (χ1v) is 18.4. The molecule has 0 radical (unpaired) electrons. The van der Waals surface area contributed by atoms with Crippen LogP contribution in [-0.2, 0) is 0 Å². The van der Waals surface area contributed by atoms with Gasteiger partial charge in [-0.05, 0) is 45.8 Å². The van der Waals surface area contributed by atoms with Gasteiger partial charge in [-0.15, -0.1) is 0 Å². The van der Waals surface area contributed by atoms with Gasteiger partial charge in [-0.25, -0.2) is 9.97 Å². The van der Waals surface area contributed by atoms with E-state index in [1.54, 1.807) is 0 Å². The molecule has 0 bridgehead atoms. The molecule has 212 valence electrons. The second-order valence-electron chi connectivity index (χ2n) is 12.6. The molecule has 9 aromatic rings. The molecule has 5 heteroatoms. The van der Waals surface area contributed by atoms with Gasteiger partial charge in [0.05, 0.1) is 16.7 Å². The van der Waals surface area contributed by atoms with Crippen LogP contribution >= 0.6 is 0 Å². The summed E-state index contributed by atoms with van der Waals surface area (Å²) in [5, 5.41) is 8.55. The Labute approximate surface area is 260 Å². The van der Waals surface area contributed by atoms with Crippen molar-refractivity contribution in [1.82, 2.24) is 14.5 Å². The van der Waals surface area contributed by atoms with Gasteiger partial charge in [0, 0.05) is 32.5 Å². The third-order valence-electron chi connectivity index (χ3n) is 9.79. The molecule has 45 heavy (non-hydrogen) atoms. The van der Waals surface area contributed by atoms with Crippen LogP contribution in [-0.4, -0.2) is 22.6 Å². The van der Waals surface area contributed by atoms with Crippen LogP contribution in [0, 0.1) is 0 Å². The highest BCUT2D eigenvalue weighted by Crippen LogP contribution is 2.41. The average molecular weight is 594 g/mol. The Hall–Kier alpha value is -5.52. The molecule has 0 N–H and O–H groups in total. The van der Waals surface area contributed by atoms with Crippen LogP contribution in [0.5, 0.6) is 0 Å². The molecule has 4 nitrogen and oxygen atoms in total. The Morgan fingerprint density at radius 3 is 2.22 bits per heavy atom. The SMILES string of the molecule is C[Si]1(C)c2ccccc2-c2ccc3nc(-n4c5ccccc5c5ccc6c7ccccc7oc6c54)nc(-c4ccccc4)c3c21. The second-order valence-corrected chi connectivity index (χ2v) is 16.9. The van der Waals surface area contributed by atoms with Crippen molar-refractivity contribution in [3.8, 4) is 28.3 Å². The lowest BCUT2D eigenvalue weighted by Gasteiger charge is -2.22. The smallest absolute Gasteiger partial charge is 0.235 e. The molecule has 4 heterocycles. The Morgan fingerprint density at radius 2 is 1.33 bits per heavy atom. The minimum Gasteiger partial charge on any atom is -0.454 e. The zero-order valence-corrected chi connectivity index (χ0v) is 25.9. The fraction of sp³-hybridized carbons (Fsp3) is 0.0500. The number of hydrogen-bond donors (Lipinski definition) is 0. The van der Waals surface area contributed by atoms with E-state index in [1.807, 2.05) is 12.1 Å². The summed E-state index contributed by atoms with van der Waals surface area (Å²) in [5.41, 5.74) is 9.49. The number of benzene rings is 6. The molecule has 1 aliphatic rings. The molecule has 0 atom stereocenters. The van der Waals surface area contributed by atoms with Gasteiger partial charge in [0.1, 0.15) is 19.2 Å². The van der Waals surface area contributed by atoms with Crippen molar-refractivity contribution in [3.63, 3.8) is 0 Å². The van der Waals surface area contributed by atoms with Crippen molar-refractivity contribution < 1.29 is 4.42 Å². The lowest BCUT2D eigenvalue weighted by atomic mass is 10.0. The molecule has 3 aromatic heterocycles. The van der Waals surface area contributed by atoms with Crippen molar-refractivity contribution in [2.75, 3.05) is 0 Å². The topological polar surface area (TPSA) is 43.9 Å². The number of hydrogen-bond acceptors (Lipinski definition) is 3. The highest BCUT2D eigenvalue weighted by molar-refractivity contribution is 7.05. The van der Waals surface area contributed by atoms with Crippen LogP contribution in [0.15, 0.2) is 132 Å². The first kappa shape index (κ1) is 24.9. The van der Waals surface area contributed by atoms with Gasteiger partial charge in [0.25, 0.3) is 0 Å². The van der Waals surface area contributed by atoms with E-state index in [2.05, 4.69) is 133 Å². The molecule has 0 fully saturated rings. The number of aromatic nitrogens is 3. The lowest BCUT2D eigenvalue weighted by molar-refractivity contribution is 0.671. The van der Waals surface area contributed by atoms with E-state index in [0.717, 1.165) is 60.5 Å². The van der Waals surface area contributed by atoms with E-state index in [4.69, 9.17) is 14.4 Å². The van der Waals surface area contributed by atoms with Gasteiger partial charge >= 0.3 is 0 Å². The maximum atomic E-state index is 6.61. The molecule has 6 aromatic carbocycles. The summed E-state index contributed by atoms with van der Waals surface area (Å²) in [7, 11) is -2.04. The summed E-state index contributed by atoms with van der Waals surface area (Å²) in [6.07, 6.45) is 0. The van der Waals surface area contributed by atoms with Crippen molar-refractivity contribution in [1.29, 1.82) is 0 Å². The van der Waals surface area contributed by atoms with Crippen LogP contribution in [0.25, 0.3) is 83.0 Å². The van der Waals surface area contributed by atoms with E-state index in [-0.39, 0.29) is 0 Å². The molecule has 10 rings (SSSR count). The van der Waals surface area contributed by atoms with Gasteiger partial charge in [-0.3, -0.25) is 4.57 Å². The van der Waals surface area contributed by atoms with Crippen molar-refractivity contribution in [3.05, 3.63) is 127 Å². The first-order chi connectivity index (χ1) is 22.1. The van der Waals surface area contributed by atoms with Crippen LogP contribution in [0.1, 0.15) is 0 Å². The second kappa shape index (κ2) is 8.77. The highest BCUT2D eigenvalue weighted by atomic mass is 28.3. The number of nitrogens with zero attached hydrogens (tertiary/aromatic N) is 3. The van der Waals surface area contributed by atoms with Gasteiger partial charge in [-0.2, -0.15) is 0 Å². The van der Waals surface area contributed by atoms with Crippen molar-refractivity contribution in [2.45, 2.75) is 13.1 Å². The molecular weight excluding hydrogens is 567 g/mol. The average Bonchev–Trinajstić information content (AvgIpc) is 3.71. The van der Waals surface area contributed by atoms with Gasteiger partial charge in [-0.1, -0.05) is 116 Å². The number of rotatable bonds is 2. The van der Waals surface area contributed by atoms with Crippen LogP contribution < -0.4 is 10.4 Å². The largest absolute Gasteiger partial charge is 0.454 e. The van der Waals surface area contributed by atoms with Gasteiger partial charge in [0.15, 0.2) is 5.58 Å². The molecule has 0 saturated carbocycles. The molecule has 0 unspecified atom stereocenters. The zero-order chi connectivity index (χ0) is 29.9. The van der Waals surface area contributed by atoms with Gasteiger partial charge in [0.2, 0.25) is 5.95 Å². The van der Waals surface area contributed by atoms with Crippen LogP contribution in [0.3, 0.4) is 0 Å². The predicted octanol–water partition coefficient (Wildman–Crippen LogP) is 9.10. The highest BCUT2D eigenvalue weighted by Gasteiger charge is 2.40. The number of fused-ring (bicyclic) bond motifs is 12. The van der Waals surface area contributed by atoms with Crippen LogP contribution in [0.2, 0.25) is 13.1 Å². The number of para-hydroxylation sites is 2. The molecule has 0 saturated heterocycles.